The molecule has 3 atom stereocenters. The minimum Gasteiger partial charge on any atom is -0.492 e. The Kier molecular flexibility index (Phi) is 4.80. The number of carbonyl (C=O) groups excluding carboxylic acids is 1. The number of hydrogen-bond donors (Lipinski definition) is 1. The number of fused-ring (bicyclic) bond motifs is 2. The van der Waals surface area contributed by atoms with Crippen LogP contribution >= 0.6 is 0 Å². The van der Waals surface area contributed by atoms with Crippen LogP contribution in [0, 0.1) is 5.92 Å². The van der Waals surface area contributed by atoms with E-state index < -0.39 is 0 Å². The fourth-order valence-corrected chi connectivity index (χ4v) is 4.77. The van der Waals surface area contributed by atoms with Crippen molar-refractivity contribution in [3.05, 3.63) is 17.2 Å². The van der Waals surface area contributed by atoms with Crippen molar-refractivity contribution in [2.24, 2.45) is 5.92 Å². The smallest absolute Gasteiger partial charge is 0.231 e. The third-order valence-electron chi connectivity index (χ3n) is 6.24. The number of quaternary nitrogens is 1. The van der Waals surface area contributed by atoms with E-state index in [0.29, 0.717) is 24.6 Å². The summed E-state index contributed by atoms with van der Waals surface area (Å²) in [5, 5.41) is 0. The molecule has 0 radical (unpaired) electrons. The highest BCUT2D eigenvalue weighted by Crippen LogP contribution is 2.48. The van der Waals surface area contributed by atoms with Gasteiger partial charge in [-0.3, -0.25) is 4.79 Å². The Morgan fingerprint density at radius 2 is 2.19 bits per heavy atom. The average molecular weight is 376 g/mol. The molecule has 3 heterocycles. The van der Waals surface area contributed by atoms with Crippen LogP contribution in [-0.4, -0.2) is 45.5 Å². The van der Waals surface area contributed by atoms with E-state index in [9.17, 15) is 4.79 Å². The Morgan fingerprint density at radius 3 is 2.93 bits per heavy atom. The van der Waals surface area contributed by atoms with Crippen LogP contribution in [0.15, 0.2) is 6.07 Å². The summed E-state index contributed by atoms with van der Waals surface area (Å²) in [6.07, 6.45) is 3.08. The molecule has 0 amide bonds. The van der Waals surface area contributed by atoms with Gasteiger partial charge in [0.05, 0.1) is 38.3 Å². The van der Waals surface area contributed by atoms with E-state index in [-0.39, 0.29) is 24.4 Å². The van der Waals surface area contributed by atoms with Gasteiger partial charge in [-0.1, -0.05) is 0 Å². The van der Waals surface area contributed by atoms with Crippen molar-refractivity contribution in [1.29, 1.82) is 0 Å². The Morgan fingerprint density at radius 1 is 1.37 bits per heavy atom. The quantitative estimate of drug-likeness (QED) is 0.867. The van der Waals surface area contributed by atoms with Crippen molar-refractivity contribution in [3.8, 4) is 17.2 Å². The fraction of sp³-hybridized carbons (Fsp3) is 0.667. The van der Waals surface area contributed by atoms with E-state index in [1.165, 1.54) is 10.5 Å². The summed E-state index contributed by atoms with van der Waals surface area (Å²) in [7, 11) is 3.83. The summed E-state index contributed by atoms with van der Waals surface area (Å²) in [5.41, 5.74) is 2.11. The van der Waals surface area contributed by atoms with Gasteiger partial charge in [0.1, 0.15) is 11.8 Å². The molecule has 4 rings (SSSR count). The molecule has 6 nitrogen and oxygen atoms in total. The highest BCUT2D eigenvalue weighted by molar-refractivity contribution is 5.82. The molecular weight excluding hydrogens is 346 g/mol. The predicted molar refractivity (Wildman–Crippen MR) is 99.7 cm³/mol. The van der Waals surface area contributed by atoms with Gasteiger partial charge in [0.15, 0.2) is 11.5 Å². The van der Waals surface area contributed by atoms with Gasteiger partial charge in [-0.2, -0.15) is 0 Å². The van der Waals surface area contributed by atoms with Gasteiger partial charge < -0.3 is 23.8 Å². The number of Topliss-reactive ketones (excluding diaryl/α,β-unsaturated/α-hetero) is 1. The molecule has 1 saturated heterocycles. The molecule has 1 aromatic rings. The molecule has 1 fully saturated rings. The Labute approximate surface area is 160 Å². The van der Waals surface area contributed by atoms with Crippen LogP contribution in [0.5, 0.6) is 17.2 Å². The summed E-state index contributed by atoms with van der Waals surface area (Å²) in [6.45, 7) is 6.02. The normalized spacial score (nSPS) is 28.5. The number of nitrogens with one attached hydrogen (secondary N) is 1. The van der Waals surface area contributed by atoms with Crippen LogP contribution in [0.4, 0.5) is 0 Å². The van der Waals surface area contributed by atoms with Crippen molar-refractivity contribution >= 4 is 5.78 Å². The van der Waals surface area contributed by atoms with Crippen molar-refractivity contribution in [2.45, 2.75) is 51.2 Å². The summed E-state index contributed by atoms with van der Waals surface area (Å²) in [4.78, 5) is 14.5. The molecule has 0 bridgehead atoms. The Balaban J connectivity index is 1.63. The lowest BCUT2D eigenvalue weighted by molar-refractivity contribution is -0.914. The molecule has 27 heavy (non-hydrogen) atoms. The van der Waals surface area contributed by atoms with Crippen molar-refractivity contribution < 1.29 is 28.6 Å². The minimum atomic E-state index is -0.217. The number of ketones is 1. The minimum absolute atomic E-state index is 0.0759. The van der Waals surface area contributed by atoms with Crippen LogP contribution in [0.1, 0.15) is 50.3 Å². The zero-order valence-corrected chi connectivity index (χ0v) is 16.7. The van der Waals surface area contributed by atoms with Gasteiger partial charge in [0.25, 0.3) is 0 Å². The monoisotopic (exact) mass is 376 g/mol. The van der Waals surface area contributed by atoms with Crippen molar-refractivity contribution in [1.82, 2.24) is 0 Å². The molecule has 1 N–H and O–H groups in total. The summed E-state index contributed by atoms with van der Waals surface area (Å²) in [5.74, 6) is 2.58. The van der Waals surface area contributed by atoms with E-state index in [4.69, 9.17) is 18.9 Å². The first-order chi connectivity index (χ1) is 12.9. The second-order valence-corrected chi connectivity index (χ2v) is 8.58. The lowest BCUT2D eigenvalue weighted by Crippen LogP contribution is -3.10. The lowest BCUT2D eigenvalue weighted by Gasteiger charge is -2.37. The van der Waals surface area contributed by atoms with E-state index in [0.717, 1.165) is 42.9 Å². The zero-order valence-electron chi connectivity index (χ0n) is 16.7. The molecule has 0 spiro atoms. The number of hydrogen-bond acceptors (Lipinski definition) is 5. The molecular formula is C21H30NO5+. The standard InChI is InChI=1S/C21H29NO5/c1-21(2)11-14(6-8-27-21)16(23)10-15-18-13(5-7-22(15)3)9-17-19(20(18)24-4)26-12-25-17/h9,14-15H,5-8,10-12H2,1-4H3/p+1/t14-,15-/m0/s1. The van der Waals surface area contributed by atoms with Crippen LogP contribution in [0.25, 0.3) is 0 Å². The number of rotatable bonds is 4. The topological polar surface area (TPSA) is 58.4 Å². The molecule has 6 heteroatoms. The molecule has 3 aliphatic rings. The van der Waals surface area contributed by atoms with Crippen LogP contribution in [-0.2, 0) is 16.0 Å². The van der Waals surface area contributed by atoms with Gasteiger partial charge in [0.2, 0.25) is 12.5 Å². The molecule has 1 aromatic carbocycles. The van der Waals surface area contributed by atoms with E-state index >= 15 is 0 Å². The number of carbonyl (C=O) groups is 1. The first-order valence-electron chi connectivity index (χ1n) is 9.88. The second kappa shape index (κ2) is 6.99. The highest BCUT2D eigenvalue weighted by atomic mass is 16.7. The number of benzene rings is 1. The maximum atomic E-state index is 13.2. The third kappa shape index (κ3) is 3.41. The summed E-state index contributed by atoms with van der Waals surface area (Å²) >= 11 is 0. The van der Waals surface area contributed by atoms with Gasteiger partial charge in [-0.15, -0.1) is 0 Å². The van der Waals surface area contributed by atoms with E-state index in [1.807, 2.05) is 0 Å². The summed E-state index contributed by atoms with van der Waals surface area (Å²) < 4.78 is 22.8. The lowest BCUT2D eigenvalue weighted by atomic mass is 9.81. The van der Waals surface area contributed by atoms with Gasteiger partial charge >= 0.3 is 0 Å². The van der Waals surface area contributed by atoms with Gasteiger partial charge in [-0.05, 0) is 38.3 Å². The second-order valence-electron chi connectivity index (χ2n) is 8.58. The zero-order chi connectivity index (χ0) is 19.2. The van der Waals surface area contributed by atoms with Crippen LogP contribution in [0.3, 0.4) is 0 Å². The Hall–Kier alpha value is -1.79. The fourth-order valence-electron chi connectivity index (χ4n) is 4.77. The predicted octanol–water partition coefficient (Wildman–Crippen LogP) is 1.70. The highest BCUT2D eigenvalue weighted by Gasteiger charge is 2.40. The maximum Gasteiger partial charge on any atom is 0.231 e. The van der Waals surface area contributed by atoms with Crippen LogP contribution in [0.2, 0.25) is 0 Å². The number of ether oxygens (including phenoxy) is 4. The third-order valence-corrected chi connectivity index (χ3v) is 6.24. The largest absolute Gasteiger partial charge is 0.492 e. The molecule has 0 aromatic heterocycles. The van der Waals surface area contributed by atoms with Gasteiger partial charge in [0, 0.05) is 18.9 Å². The Bertz CT molecular complexity index is 745. The summed E-state index contributed by atoms with van der Waals surface area (Å²) in [6, 6.07) is 2.15. The first kappa shape index (κ1) is 18.6. The average Bonchev–Trinajstić information content (AvgIpc) is 3.09. The first-order valence-corrected chi connectivity index (χ1v) is 9.88. The van der Waals surface area contributed by atoms with Crippen molar-refractivity contribution in [2.75, 3.05) is 34.1 Å². The van der Waals surface area contributed by atoms with Gasteiger partial charge in [-0.25, -0.2) is 0 Å². The van der Waals surface area contributed by atoms with Crippen LogP contribution < -0.4 is 19.1 Å². The molecule has 0 saturated carbocycles. The SMILES string of the molecule is COc1c2c(cc3c1[C@H](CC(=O)[C@H]1CCOC(C)(C)C1)[NH+](C)CC3)OCO2. The van der Waals surface area contributed by atoms with E-state index in [1.54, 1.807) is 7.11 Å². The van der Waals surface area contributed by atoms with Crippen molar-refractivity contribution in [3.63, 3.8) is 0 Å². The molecule has 1 unspecified atom stereocenters. The maximum absolute atomic E-state index is 13.2. The molecule has 148 valence electrons. The molecule has 3 aliphatic heterocycles. The number of likely N-dealkylation sites (N-methyl/N-ethyl adjacent to an activating group) is 1. The van der Waals surface area contributed by atoms with E-state index in [2.05, 4.69) is 27.0 Å². The number of methoxy groups -OCH3 is 1. The molecule has 0 aliphatic carbocycles.